The Labute approximate surface area is 80.9 Å². The van der Waals surface area contributed by atoms with Gasteiger partial charge in [-0.05, 0) is 42.9 Å². The van der Waals surface area contributed by atoms with Crippen molar-refractivity contribution in [2.75, 3.05) is 0 Å². The first-order valence-electron chi connectivity index (χ1n) is 4.99. The van der Waals surface area contributed by atoms with E-state index in [1.54, 1.807) is 15.4 Å². The van der Waals surface area contributed by atoms with Crippen molar-refractivity contribution in [2.45, 2.75) is 38.4 Å². The Morgan fingerprint density at radius 1 is 1.46 bits per heavy atom. The lowest BCUT2D eigenvalue weighted by Gasteiger charge is -2.11. The molecule has 70 valence electrons. The van der Waals surface area contributed by atoms with Gasteiger partial charge in [0.15, 0.2) is 0 Å². The summed E-state index contributed by atoms with van der Waals surface area (Å²) in [4.78, 5) is 7.69. The molecule has 0 aromatic carbocycles. The van der Waals surface area contributed by atoms with E-state index in [-0.39, 0.29) is 0 Å². The lowest BCUT2D eigenvalue weighted by atomic mass is 10.0. The van der Waals surface area contributed by atoms with Crippen LogP contribution in [0, 0.1) is 0 Å². The van der Waals surface area contributed by atoms with Crippen molar-refractivity contribution in [2.24, 2.45) is 4.99 Å². The topological polar surface area (TPSA) is 12.4 Å². The Bertz CT molecular complexity index is 364. The molecule has 0 N–H and O–H groups in total. The zero-order chi connectivity index (χ0) is 9.05. The van der Waals surface area contributed by atoms with Gasteiger partial charge < -0.3 is 0 Å². The number of aliphatic imine (C=N–C) groups is 1. The minimum Gasteiger partial charge on any atom is -0.258 e. The molecule has 3 rings (SSSR count). The predicted octanol–water partition coefficient (Wildman–Crippen LogP) is 3.53. The van der Waals surface area contributed by atoms with Crippen LogP contribution in [0.3, 0.4) is 0 Å². The first-order valence-corrected chi connectivity index (χ1v) is 6.74. The molecule has 1 aliphatic carbocycles. The van der Waals surface area contributed by atoms with Gasteiger partial charge in [-0.2, -0.15) is 0 Å². The molecule has 0 aromatic rings. The summed E-state index contributed by atoms with van der Waals surface area (Å²) in [5.41, 5.74) is 3.93. The smallest absolute Gasteiger partial charge is 0.0508 e. The molecule has 1 fully saturated rings. The van der Waals surface area contributed by atoms with E-state index in [1.807, 2.05) is 0 Å². The molecule has 1 nitrogen and oxygen atoms in total. The molecule has 1 spiro atoms. The van der Waals surface area contributed by atoms with Gasteiger partial charge in [-0.15, -0.1) is 10.0 Å². The van der Waals surface area contributed by atoms with Crippen LogP contribution in [-0.2, 0) is 0 Å². The van der Waals surface area contributed by atoms with Crippen LogP contribution in [-0.4, -0.2) is 10.8 Å². The molecule has 1 saturated heterocycles. The quantitative estimate of drug-likeness (QED) is 0.522. The van der Waals surface area contributed by atoms with Crippen LogP contribution in [0.1, 0.15) is 33.1 Å². The molecule has 2 atom stereocenters. The van der Waals surface area contributed by atoms with Gasteiger partial charge in [0.05, 0.1) is 5.55 Å². The summed E-state index contributed by atoms with van der Waals surface area (Å²) in [6.45, 7) is 4.59. The standard InChI is InChI=1S/C11H15NS/c1-8-4-3-5-10-11(8)13(10)7-12-6-9(13)2/h6-7,10H,3-5H2,1-2H3. The monoisotopic (exact) mass is 193 g/mol. The fourth-order valence-corrected chi connectivity index (χ4v) is 7.02. The lowest BCUT2D eigenvalue weighted by molar-refractivity contribution is 0.729. The molecule has 13 heavy (non-hydrogen) atoms. The molecule has 0 radical (unpaired) electrons. The van der Waals surface area contributed by atoms with Crippen LogP contribution in [0.2, 0.25) is 0 Å². The second kappa shape index (κ2) is 2.30. The number of rotatable bonds is 0. The number of nitrogens with zero attached hydrogens (tertiary/aromatic N) is 1. The van der Waals surface area contributed by atoms with E-state index < -0.39 is 10.0 Å². The molecule has 3 aliphatic rings. The summed E-state index contributed by atoms with van der Waals surface area (Å²) in [5.74, 6) is 0. The van der Waals surface area contributed by atoms with Crippen molar-refractivity contribution < 1.29 is 0 Å². The summed E-state index contributed by atoms with van der Waals surface area (Å²) in [6.07, 6.45) is 6.23. The molecule has 2 unspecified atom stereocenters. The highest BCUT2D eigenvalue weighted by atomic mass is 32.3. The lowest BCUT2D eigenvalue weighted by Crippen LogP contribution is -1.93. The zero-order valence-electron chi connectivity index (χ0n) is 8.21. The molecule has 0 aromatic heterocycles. The maximum atomic E-state index is 4.35. The Morgan fingerprint density at radius 3 is 2.92 bits per heavy atom. The number of hydrogen-bond acceptors (Lipinski definition) is 1. The highest BCUT2D eigenvalue weighted by Gasteiger charge is 2.57. The number of hydrogen-bond donors (Lipinski definition) is 0. The fourth-order valence-electron chi connectivity index (χ4n) is 2.81. The van der Waals surface area contributed by atoms with Gasteiger partial charge in [0.25, 0.3) is 0 Å². The van der Waals surface area contributed by atoms with E-state index in [4.69, 9.17) is 0 Å². The van der Waals surface area contributed by atoms with Crippen molar-refractivity contribution in [3.63, 3.8) is 0 Å². The van der Waals surface area contributed by atoms with E-state index in [1.165, 1.54) is 19.3 Å². The molecule has 0 saturated carbocycles. The third-order valence-corrected chi connectivity index (χ3v) is 7.60. The van der Waals surface area contributed by atoms with Crippen molar-refractivity contribution in [1.29, 1.82) is 0 Å². The number of fused-ring (bicyclic) bond motifs is 3. The van der Waals surface area contributed by atoms with E-state index in [9.17, 15) is 0 Å². The van der Waals surface area contributed by atoms with Crippen LogP contribution in [0.15, 0.2) is 26.6 Å². The van der Waals surface area contributed by atoms with Gasteiger partial charge in [-0.1, -0.05) is 5.57 Å². The Hall–Kier alpha value is -0.500. The van der Waals surface area contributed by atoms with Gasteiger partial charge in [-0.3, -0.25) is 4.99 Å². The van der Waals surface area contributed by atoms with Gasteiger partial charge >= 0.3 is 0 Å². The largest absolute Gasteiger partial charge is 0.258 e. The van der Waals surface area contributed by atoms with E-state index in [0.29, 0.717) is 0 Å². The second-order valence-electron chi connectivity index (χ2n) is 4.23. The van der Waals surface area contributed by atoms with Gasteiger partial charge in [-0.25, -0.2) is 0 Å². The van der Waals surface area contributed by atoms with Crippen molar-refractivity contribution in [1.82, 2.24) is 0 Å². The van der Waals surface area contributed by atoms with Crippen molar-refractivity contribution in [3.05, 3.63) is 21.6 Å². The maximum absolute atomic E-state index is 4.35. The molecular weight excluding hydrogens is 178 g/mol. The summed E-state index contributed by atoms with van der Waals surface area (Å²) >= 11 is 0. The molecule has 2 heteroatoms. The van der Waals surface area contributed by atoms with E-state index >= 15 is 0 Å². The summed E-state index contributed by atoms with van der Waals surface area (Å²) < 4.78 is 0. The minimum absolute atomic E-state index is 0.594. The van der Waals surface area contributed by atoms with Crippen molar-refractivity contribution >= 4 is 15.6 Å². The van der Waals surface area contributed by atoms with Crippen LogP contribution >= 0.6 is 10.0 Å². The fraction of sp³-hybridized carbons (Fsp3) is 0.545. The maximum Gasteiger partial charge on any atom is 0.0508 e. The molecule has 0 amide bonds. The first-order chi connectivity index (χ1) is 6.27. The Balaban J connectivity index is 2.11. The third-order valence-electron chi connectivity index (χ3n) is 3.50. The SMILES string of the molecule is CC1=CN=CS12C1=C(C)CCCC12. The second-order valence-corrected chi connectivity index (χ2v) is 7.51. The van der Waals surface area contributed by atoms with Crippen molar-refractivity contribution in [3.8, 4) is 0 Å². The van der Waals surface area contributed by atoms with E-state index in [0.717, 1.165) is 5.25 Å². The number of allylic oxidation sites excluding steroid dienone is 2. The predicted molar refractivity (Wildman–Crippen MR) is 60.2 cm³/mol. The average Bonchev–Trinajstić information content (AvgIpc) is 2.61. The Kier molecular flexibility index (Phi) is 1.39. The highest BCUT2D eigenvalue weighted by Crippen LogP contribution is 2.85. The summed E-state index contributed by atoms with van der Waals surface area (Å²) in [7, 11) is -0.594. The van der Waals surface area contributed by atoms with Gasteiger partial charge in [0.1, 0.15) is 0 Å². The van der Waals surface area contributed by atoms with Gasteiger partial charge in [0, 0.05) is 11.4 Å². The van der Waals surface area contributed by atoms with E-state index in [2.05, 4.69) is 30.6 Å². The average molecular weight is 193 g/mol. The van der Waals surface area contributed by atoms with Crippen LogP contribution in [0.25, 0.3) is 0 Å². The highest BCUT2D eigenvalue weighted by molar-refractivity contribution is 8.56. The molecule has 0 bridgehead atoms. The first kappa shape index (κ1) is 7.86. The van der Waals surface area contributed by atoms with Crippen LogP contribution in [0.5, 0.6) is 0 Å². The third kappa shape index (κ3) is 0.779. The minimum atomic E-state index is -0.594. The summed E-state index contributed by atoms with van der Waals surface area (Å²) in [5, 5.41) is 0.906. The summed E-state index contributed by atoms with van der Waals surface area (Å²) in [6, 6.07) is 0. The molecule has 2 aliphatic heterocycles. The van der Waals surface area contributed by atoms with Gasteiger partial charge in [0.2, 0.25) is 0 Å². The zero-order valence-corrected chi connectivity index (χ0v) is 9.03. The van der Waals surface area contributed by atoms with Crippen LogP contribution in [0.4, 0.5) is 0 Å². The van der Waals surface area contributed by atoms with Crippen LogP contribution < -0.4 is 0 Å². The molecular formula is C11H15NS. The normalized spacial score (nSPS) is 46.0. The molecule has 2 heterocycles. The Morgan fingerprint density at radius 2 is 2.31 bits per heavy atom.